The summed E-state index contributed by atoms with van der Waals surface area (Å²) in [6, 6.07) is 6.47. The van der Waals surface area contributed by atoms with Gasteiger partial charge in [-0.3, -0.25) is 4.79 Å². The zero-order valence-electron chi connectivity index (χ0n) is 19.4. The number of morpholine rings is 1. The van der Waals surface area contributed by atoms with Crippen LogP contribution >= 0.6 is 0 Å². The quantitative estimate of drug-likeness (QED) is 0.762. The Balaban J connectivity index is 1.48. The average molecular weight is 441 g/mol. The number of halogens is 1. The molecule has 1 N–H and O–H groups in total. The minimum Gasteiger partial charge on any atom is -0.372 e. The summed E-state index contributed by atoms with van der Waals surface area (Å²) in [6.45, 7) is 10.1. The number of amides is 1. The van der Waals surface area contributed by atoms with E-state index in [-0.39, 0.29) is 41.8 Å². The van der Waals surface area contributed by atoms with E-state index in [2.05, 4.69) is 42.9 Å². The van der Waals surface area contributed by atoms with Gasteiger partial charge in [-0.2, -0.15) is 0 Å². The van der Waals surface area contributed by atoms with Gasteiger partial charge in [-0.1, -0.05) is 32.0 Å². The summed E-state index contributed by atoms with van der Waals surface area (Å²) in [5, 5.41) is 3.16. The van der Waals surface area contributed by atoms with Crippen molar-refractivity contribution in [3.05, 3.63) is 53.1 Å². The summed E-state index contributed by atoms with van der Waals surface area (Å²) < 4.78 is 19.7. The number of aromatic nitrogens is 2. The van der Waals surface area contributed by atoms with Gasteiger partial charge in [-0.25, -0.2) is 14.4 Å². The first-order valence-electron chi connectivity index (χ1n) is 11.5. The number of aryl methyl sites for hydroxylation is 1. The number of nitrogens with zero attached hydrogens (tertiary/aromatic N) is 3. The number of rotatable bonds is 5. The number of ether oxygens (including phenoxy) is 1. The fourth-order valence-electron chi connectivity index (χ4n) is 4.87. The molecule has 172 valence electrons. The fraction of sp³-hybridized carbons (Fsp3) is 0.560. The first-order valence-corrected chi connectivity index (χ1v) is 11.5. The lowest BCUT2D eigenvalue weighted by molar-refractivity contribution is -0.122. The molecule has 1 aromatic heterocycles. The molecule has 1 aliphatic carbocycles. The van der Waals surface area contributed by atoms with Crippen LogP contribution in [0.25, 0.3) is 0 Å². The van der Waals surface area contributed by atoms with Crippen LogP contribution < -0.4 is 10.2 Å². The monoisotopic (exact) mass is 440 g/mol. The third-order valence-electron chi connectivity index (χ3n) is 6.28. The van der Waals surface area contributed by atoms with Crippen LogP contribution in [0, 0.1) is 11.2 Å². The Kier molecular flexibility index (Phi) is 6.47. The van der Waals surface area contributed by atoms with E-state index in [0.717, 1.165) is 43.1 Å². The minimum absolute atomic E-state index is 0.00764. The molecule has 1 fully saturated rings. The molecule has 0 bridgehead atoms. The Morgan fingerprint density at radius 3 is 2.69 bits per heavy atom. The lowest BCUT2D eigenvalue weighted by atomic mass is 9.74. The highest BCUT2D eigenvalue weighted by atomic mass is 19.1. The second-order valence-corrected chi connectivity index (χ2v) is 9.99. The molecule has 1 aliphatic heterocycles. The van der Waals surface area contributed by atoms with E-state index in [0.29, 0.717) is 12.0 Å². The molecule has 2 heterocycles. The zero-order chi connectivity index (χ0) is 22.9. The molecule has 7 heteroatoms. The van der Waals surface area contributed by atoms with Gasteiger partial charge in [0.25, 0.3) is 0 Å². The average Bonchev–Trinajstić information content (AvgIpc) is 2.71. The van der Waals surface area contributed by atoms with Gasteiger partial charge in [0.15, 0.2) is 0 Å². The molecule has 1 aromatic carbocycles. The van der Waals surface area contributed by atoms with Gasteiger partial charge >= 0.3 is 0 Å². The maximum Gasteiger partial charge on any atom is 0.225 e. The molecule has 1 saturated heterocycles. The highest BCUT2D eigenvalue weighted by molar-refractivity contribution is 5.76. The third kappa shape index (κ3) is 5.26. The molecular formula is C25H33FN4O2. The number of fused-ring (bicyclic) bond motifs is 1. The normalized spacial score (nSPS) is 24.7. The Bertz CT molecular complexity index is 970. The molecule has 2 aromatic rings. The summed E-state index contributed by atoms with van der Waals surface area (Å²) in [5.74, 6) is 0.381. The molecule has 1 amide bonds. The maximum absolute atomic E-state index is 13.9. The molecule has 0 unspecified atom stereocenters. The number of carbonyl (C=O) groups is 1. The minimum atomic E-state index is -0.267. The van der Waals surface area contributed by atoms with Gasteiger partial charge in [-0.05, 0) is 50.2 Å². The molecular weight excluding hydrogens is 407 g/mol. The summed E-state index contributed by atoms with van der Waals surface area (Å²) in [5.41, 5.74) is 2.56. The molecule has 0 saturated carbocycles. The van der Waals surface area contributed by atoms with Crippen LogP contribution in [0.2, 0.25) is 0 Å². The second-order valence-electron chi connectivity index (χ2n) is 9.99. The zero-order valence-corrected chi connectivity index (χ0v) is 19.4. The first kappa shape index (κ1) is 22.6. The Morgan fingerprint density at radius 2 is 1.97 bits per heavy atom. The molecule has 0 spiro atoms. The fourth-order valence-corrected chi connectivity index (χ4v) is 4.87. The van der Waals surface area contributed by atoms with Crippen molar-refractivity contribution in [2.75, 3.05) is 18.0 Å². The lowest BCUT2D eigenvalue weighted by Gasteiger charge is -2.38. The van der Waals surface area contributed by atoms with Crippen molar-refractivity contribution in [3.8, 4) is 0 Å². The van der Waals surface area contributed by atoms with E-state index in [1.165, 1.54) is 6.07 Å². The van der Waals surface area contributed by atoms with E-state index < -0.39 is 0 Å². The van der Waals surface area contributed by atoms with E-state index in [9.17, 15) is 9.18 Å². The van der Waals surface area contributed by atoms with E-state index in [1.807, 2.05) is 6.20 Å². The van der Waals surface area contributed by atoms with Crippen molar-refractivity contribution in [2.45, 2.75) is 71.6 Å². The summed E-state index contributed by atoms with van der Waals surface area (Å²) in [7, 11) is 0. The third-order valence-corrected chi connectivity index (χ3v) is 6.28. The van der Waals surface area contributed by atoms with Crippen molar-refractivity contribution in [2.24, 2.45) is 5.41 Å². The van der Waals surface area contributed by atoms with Gasteiger partial charge in [0.05, 0.1) is 23.9 Å². The van der Waals surface area contributed by atoms with Gasteiger partial charge in [0.1, 0.15) is 5.82 Å². The van der Waals surface area contributed by atoms with Crippen molar-refractivity contribution in [3.63, 3.8) is 0 Å². The lowest BCUT2D eigenvalue weighted by Crippen LogP contribution is -2.46. The maximum atomic E-state index is 13.9. The van der Waals surface area contributed by atoms with Crippen LogP contribution in [-0.2, 0) is 22.4 Å². The molecule has 6 nitrogen and oxygen atoms in total. The van der Waals surface area contributed by atoms with Crippen molar-refractivity contribution in [1.82, 2.24) is 15.3 Å². The van der Waals surface area contributed by atoms with Crippen LogP contribution in [0.5, 0.6) is 0 Å². The van der Waals surface area contributed by atoms with Crippen molar-refractivity contribution in [1.29, 1.82) is 0 Å². The SMILES string of the molecule is C[C@@H]1CN(c2ncc3c(n2)CC(C)(C)C[C@@H]3NC(=O)CCc2ccccc2F)C[C@H](C)O1. The van der Waals surface area contributed by atoms with Gasteiger partial charge < -0.3 is 15.0 Å². The molecule has 2 aliphatic rings. The van der Waals surface area contributed by atoms with Gasteiger partial charge in [0.2, 0.25) is 11.9 Å². The second kappa shape index (κ2) is 9.14. The largest absolute Gasteiger partial charge is 0.372 e. The number of nitrogens with one attached hydrogen (secondary N) is 1. The highest BCUT2D eigenvalue weighted by Crippen LogP contribution is 2.40. The van der Waals surface area contributed by atoms with Crippen molar-refractivity contribution < 1.29 is 13.9 Å². The number of anilines is 1. The van der Waals surface area contributed by atoms with Crippen molar-refractivity contribution >= 4 is 11.9 Å². The summed E-state index contributed by atoms with van der Waals surface area (Å²) in [6.07, 6.45) is 4.43. The van der Waals surface area contributed by atoms with Crippen LogP contribution in [0.4, 0.5) is 10.3 Å². The highest BCUT2D eigenvalue weighted by Gasteiger charge is 2.35. The smallest absolute Gasteiger partial charge is 0.225 e. The summed E-state index contributed by atoms with van der Waals surface area (Å²) in [4.78, 5) is 24.5. The van der Waals surface area contributed by atoms with Crippen LogP contribution in [0.1, 0.15) is 63.4 Å². The predicted molar refractivity (Wildman–Crippen MR) is 122 cm³/mol. The Hall–Kier alpha value is -2.54. The topological polar surface area (TPSA) is 67.4 Å². The first-order chi connectivity index (χ1) is 15.2. The predicted octanol–water partition coefficient (Wildman–Crippen LogP) is 3.99. The summed E-state index contributed by atoms with van der Waals surface area (Å²) >= 11 is 0. The molecule has 3 atom stereocenters. The standard InChI is InChI=1S/C25H33FN4O2/c1-16-14-30(15-17(2)32-16)24-27-13-19-21(11-25(3,4)12-22(19)29-24)28-23(31)10-9-18-7-5-6-8-20(18)26/h5-8,13,16-17,21H,9-12,14-15H2,1-4H3,(H,28,31)/t16-,17+,21-/m0/s1. The van der Waals surface area contributed by atoms with E-state index in [1.54, 1.807) is 18.2 Å². The van der Waals surface area contributed by atoms with E-state index in [4.69, 9.17) is 9.72 Å². The molecule has 32 heavy (non-hydrogen) atoms. The number of carbonyl (C=O) groups excluding carboxylic acids is 1. The van der Waals surface area contributed by atoms with Gasteiger partial charge in [-0.15, -0.1) is 0 Å². The molecule has 0 radical (unpaired) electrons. The Morgan fingerprint density at radius 1 is 1.25 bits per heavy atom. The number of hydrogen-bond donors (Lipinski definition) is 1. The van der Waals surface area contributed by atoms with Crippen LogP contribution in [0.15, 0.2) is 30.5 Å². The van der Waals surface area contributed by atoms with Crippen LogP contribution in [0.3, 0.4) is 0 Å². The number of benzene rings is 1. The van der Waals surface area contributed by atoms with Gasteiger partial charge in [0, 0.05) is 31.3 Å². The Labute approximate surface area is 189 Å². The molecule has 4 rings (SSSR count). The van der Waals surface area contributed by atoms with Crippen LogP contribution in [-0.4, -0.2) is 41.2 Å². The van der Waals surface area contributed by atoms with E-state index >= 15 is 0 Å². The number of hydrogen-bond acceptors (Lipinski definition) is 5.